The molecule has 1 N–H and O–H groups in total. The third-order valence-electron chi connectivity index (χ3n) is 2.20. The maximum atomic E-state index is 10.5. The zero-order chi connectivity index (χ0) is 10.1. The first-order valence-corrected chi connectivity index (χ1v) is 4.25. The molecule has 1 aromatic carbocycles. The largest absolute Gasteiger partial charge is 0.487 e. The van der Waals surface area contributed by atoms with Gasteiger partial charge in [-0.25, -0.2) is 0 Å². The highest BCUT2D eigenvalue weighted by atomic mass is 16.6. The standard InChI is InChI=1S/C9H9NO4/c11-5-8-4-6-3-7(10(12)13)1-2-9(6)14-8/h1-3,8,11H,4-5H2/t8-/m0/s1. The molecule has 14 heavy (non-hydrogen) atoms. The highest BCUT2D eigenvalue weighted by Gasteiger charge is 2.23. The number of ether oxygens (including phenoxy) is 1. The van der Waals surface area contributed by atoms with Crippen LogP contribution in [-0.2, 0) is 6.42 Å². The molecule has 5 nitrogen and oxygen atoms in total. The molecule has 0 spiro atoms. The van der Waals surface area contributed by atoms with Crippen LogP contribution in [0.25, 0.3) is 0 Å². The molecule has 0 fully saturated rings. The summed E-state index contributed by atoms with van der Waals surface area (Å²) in [6, 6.07) is 4.46. The second kappa shape index (κ2) is 3.26. The molecule has 1 atom stereocenters. The summed E-state index contributed by atoms with van der Waals surface area (Å²) in [4.78, 5) is 10.0. The van der Waals surface area contributed by atoms with Crippen LogP contribution in [0.4, 0.5) is 5.69 Å². The van der Waals surface area contributed by atoms with E-state index in [2.05, 4.69) is 0 Å². The van der Waals surface area contributed by atoms with E-state index in [1.807, 2.05) is 0 Å². The zero-order valence-corrected chi connectivity index (χ0v) is 7.34. The van der Waals surface area contributed by atoms with Crippen molar-refractivity contribution in [2.45, 2.75) is 12.5 Å². The van der Waals surface area contributed by atoms with Crippen molar-refractivity contribution in [3.05, 3.63) is 33.9 Å². The Bertz CT molecular complexity index is 377. The van der Waals surface area contributed by atoms with Gasteiger partial charge in [-0.2, -0.15) is 0 Å². The van der Waals surface area contributed by atoms with Gasteiger partial charge in [0.1, 0.15) is 11.9 Å². The average molecular weight is 195 g/mol. The van der Waals surface area contributed by atoms with E-state index in [-0.39, 0.29) is 18.4 Å². The SMILES string of the molecule is O=[N+]([O-])c1ccc2c(c1)C[C@@H](CO)O2. The van der Waals surface area contributed by atoms with Gasteiger partial charge in [0.05, 0.1) is 11.5 Å². The number of nitro benzene ring substituents is 1. The fraction of sp³-hybridized carbons (Fsp3) is 0.333. The van der Waals surface area contributed by atoms with Gasteiger partial charge in [-0.15, -0.1) is 0 Å². The predicted molar refractivity (Wildman–Crippen MR) is 48.3 cm³/mol. The minimum atomic E-state index is -0.438. The third-order valence-corrected chi connectivity index (χ3v) is 2.20. The third kappa shape index (κ3) is 1.42. The van der Waals surface area contributed by atoms with Gasteiger partial charge >= 0.3 is 0 Å². The summed E-state index contributed by atoms with van der Waals surface area (Å²) in [6.45, 7) is -0.0670. The summed E-state index contributed by atoms with van der Waals surface area (Å²) in [5, 5.41) is 19.3. The normalized spacial score (nSPS) is 18.8. The Morgan fingerprint density at radius 3 is 3.07 bits per heavy atom. The Morgan fingerprint density at radius 2 is 2.43 bits per heavy atom. The maximum absolute atomic E-state index is 10.5. The molecule has 0 saturated carbocycles. The molecule has 2 rings (SSSR count). The monoisotopic (exact) mass is 195 g/mol. The minimum Gasteiger partial charge on any atom is -0.487 e. The summed E-state index contributed by atoms with van der Waals surface area (Å²) in [5.41, 5.74) is 0.851. The van der Waals surface area contributed by atoms with Crippen LogP contribution in [-0.4, -0.2) is 22.7 Å². The molecule has 0 saturated heterocycles. The fourth-order valence-electron chi connectivity index (χ4n) is 1.52. The summed E-state index contributed by atoms with van der Waals surface area (Å²) in [6.07, 6.45) is 0.278. The molecule has 0 bridgehead atoms. The van der Waals surface area contributed by atoms with Crippen molar-refractivity contribution in [1.29, 1.82) is 0 Å². The van der Waals surface area contributed by atoms with E-state index in [1.165, 1.54) is 12.1 Å². The van der Waals surface area contributed by atoms with Crippen LogP contribution in [0, 0.1) is 10.1 Å². The van der Waals surface area contributed by atoms with Crippen LogP contribution in [0.3, 0.4) is 0 Å². The Hall–Kier alpha value is -1.62. The van der Waals surface area contributed by atoms with E-state index in [0.29, 0.717) is 12.2 Å². The lowest BCUT2D eigenvalue weighted by atomic mass is 10.1. The lowest BCUT2D eigenvalue weighted by Gasteiger charge is -2.04. The average Bonchev–Trinajstić information content (AvgIpc) is 2.58. The van der Waals surface area contributed by atoms with Crippen LogP contribution in [0.1, 0.15) is 5.56 Å². The number of nitro groups is 1. The van der Waals surface area contributed by atoms with E-state index in [0.717, 1.165) is 5.56 Å². The number of rotatable bonds is 2. The smallest absolute Gasteiger partial charge is 0.269 e. The zero-order valence-electron chi connectivity index (χ0n) is 7.34. The van der Waals surface area contributed by atoms with Crippen LogP contribution in [0.15, 0.2) is 18.2 Å². The Morgan fingerprint density at radius 1 is 1.64 bits per heavy atom. The van der Waals surface area contributed by atoms with Gasteiger partial charge in [0, 0.05) is 24.1 Å². The number of hydrogen-bond acceptors (Lipinski definition) is 4. The lowest BCUT2D eigenvalue weighted by Crippen LogP contribution is -2.17. The molecule has 0 aliphatic carbocycles. The van der Waals surface area contributed by atoms with Gasteiger partial charge in [0.15, 0.2) is 0 Å². The van der Waals surface area contributed by atoms with E-state index in [1.54, 1.807) is 6.07 Å². The number of hydrogen-bond donors (Lipinski definition) is 1. The van der Waals surface area contributed by atoms with Crippen molar-refractivity contribution in [3.8, 4) is 5.75 Å². The van der Waals surface area contributed by atoms with E-state index in [9.17, 15) is 10.1 Å². The maximum Gasteiger partial charge on any atom is 0.269 e. The number of non-ortho nitro benzene ring substituents is 1. The topological polar surface area (TPSA) is 72.6 Å². The van der Waals surface area contributed by atoms with Gasteiger partial charge in [0.25, 0.3) is 5.69 Å². The Kier molecular flexibility index (Phi) is 2.09. The van der Waals surface area contributed by atoms with Gasteiger partial charge in [-0.3, -0.25) is 10.1 Å². The van der Waals surface area contributed by atoms with Crippen molar-refractivity contribution < 1.29 is 14.8 Å². The molecule has 0 radical (unpaired) electrons. The minimum absolute atomic E-state index is 0.0611. The van der Waals surface area contributed by atoms with Gasteiger partial charge in [-0.1, -0.05) is 0 Å². The molecule has 0 aromatic heterocycles. The number of aliphatic hydroxyl groups excluding tert-OH is 1. The number of fused-ring (bicyclic) bond motifs is 1. The first-order valence-electron chi connectivity index (χ1n) is 4.25. The second-order valence-electron chi connectivity index (χ2n) is 3.18. The quantitative estimate of drug-likeness (QED) is 0.561. The molecule has 0 unspecified atom stereocenters. The molecule has 74 valence electrons. The fourth-order valence-corrected chi connectivity index (χ4v) is 1.52. The number of aliphatic hydroxyl groups is 1. The van der Waals surface area contributed by atoms with Crippen LogP contribution in [0.2, 0.25) is 0 Å². The first-order chi connectivity index (χ1) is 6.70. The second-order valence-corrected chi connectivity index (χ2v) is 3.18. The van der Waals surface area contributed by atoms with E-state index >= 15 is 0 Å². The summed E-state index contributed by atoms with van der Waals surface area (Å²) < 4.78 is 5.32. The molecule has 1 heterocycles. The number of benzene rings is 1. The molecular formula is C9H9NO4. The van der Waals surface area contributed by atoms with E-state index < -0.39 is 4.92 Å². The molecule has 1 aliphatic rings. The highest BCUT2D eigenvalue weighted by molar-refractivity contribution is 5.46. The van der Waals surface area contributed by atoms with Crippen molar-refractivity contribution in [2.75, 3.05) is 6.61 Å². The first kappa shape index (κ1) is 8.96. The predicted octanol–water partition coefficient (Wildman–Crippen LogP) is 0.891. The van der Waals surface area contributed by atoms with Gasteiger partial charge in [0.2, 0.25) is 0 Å². The molecular weight excluding hydrogens is 186 g/mol. The van der Waals surface area contributed by atoms with Crippen LogP contribution < -0.4 is 4.74 Å². The molecule has 0 amide bonds. The van der Waals surface area contributed by atoms with Gasteiger partial charge in [-0.05, 0) is 6.07 Å². The summed E-state index contributed by atoms with van der Waals surface area (Å²) >= 11 is 0. The highest BCUT2D eigenvalue weighted by Crippen LogP contribution is 2.31. The van der Waals surface area contributed by atoms with Gasteiger partial charge < -0.3 is 9.84 Å². The lowest BCUT2D eigenvalue weighted by molar-refractivity contribution is -0.384. The summed E-state index contributed by atoms with van der Waals surface area (Å²) in [5.74, 6) is 0.634. The van der Waals surface area contributed by atoms with Crippen LogP contribution >= 0.6 is 0 Å². The summed E-state index contributed by atoms with van der Waals surface area (Å²) in [7, 11) is 0. The Labute approximate surface area is 80.1 Å². The molecule has 1 aliphatic heterocycles. The number of nitrogens with zero attached hydrogens (tertiary/aromatic N) is 1. The van der Waals surface area contributed by atoms with E-state index in [4.69, 9.17) is 9.84 Å². The van der Waals surface area contributed by atoms with Crippen molar-refractivity contribution in [1.82, 2.24) is 0 Å². The molecule has 1 aromatic rings. The van der Waals surface area contributed by atoms with Crippen molar-refractivity contribution in [3.63, 3.8) is 0 Å². The Balaban J connectivity index is 2.31. The van der Waals surface area contributed by atoms with Crippen molar-refractivity contribution in [2.24, 2.45) is 0 Å². The molecule has 5 heteroatoms. The van der Waals surface area contributed by atoms with Crippen molar-refractivity contribution >= 4 is 5.69 Å². The van der Waals surface area contributed by atoms with Crippen LogP contribution in [0.5, 0.6) is 5.75 Å².